The van der Waals surface area contributed by atoms with E-state index in [4.69, 9.17) is 4.74 Å². The Hall–Kier alpha value is -3.19. The third kappa shape index (κ3) is 5.24. The van der Waals surface area contributed by atoms with Gasteiger partial charge in [0.05, 0.1) is 17.6 Å². The molecule has 3 aromatic rings. The zero-order valence-corrected chi connectivity index (χ0v) is 17.7. The van der Waals surface area contributed by atoms with Crippen molar-refractivity contribution in [3.63, 3.8) is 0 Å². The number of carbonyl (C=O) groups excluding carboxylic acids is 2. The Morgan fingerprint density at radius 1 is 1.10 bits per heavy atom. The molecule has 1 heterocycles. The number of aromatic nitrogens is 2. The molecule has 0 aliphatic carbocycles. The van der Waals surface area contributed by atoms with Crippen LogP contribution >= 0.6 is 0 Å². The first-order valence-corrected chi connectivity index (χ1v) is 10.0. The molecular formula is C23H28N4O3. The molecule has 0 spiro atoms. The molecule has 30 heavy (non-hydrogen) atoms. The number of hydrogen-bond acceptors (Lipinski definition) is 4. The number of nitrogens with one attached hydrogen (secondary N) is 1. The van der Waals surface area contributed by atoms with Crippen molar-refractivity contribution in [2.45, 2.75) is 39.5 Å². The Bertz CT molecular complexity index is 998. The fourth-order valence-corrected chi connectivity index (χ4v) is 3.36. The Morgan fingerprint density at radius 2 is 1.80 bits per heavy atom. The molecule has 0 atom stereocenters. The van der Waals surface area contributed by atoms with Crippen LogP contribution in [-0.4, -0.2) is 46.0 Å². The van der Waals surface area contributed by atoms with E-state index in [9.17, 15) is 9.59 Å². The molecule has 0 fully saturated rings. The van der Waals surface area contributed by atoms with E-state index in [2.05, 4.69) is 10.3 Å². The second-order valence-electron chi connectivity index (χ2n) is 7.41. The maximum Gasteiger partial charge on any atom is 0.246 e. The van der Waals surface area contributed by atoms with Gasteiger partial charge < -0.3 is 19.5 Å². The van der Waals surface area contributed by atoms with Crippen LogP contribution in [0.2, 0.25) is 0 Å². The average molecular weight is 409 g/mol. The monoisotopic (exact) mass is 408 g/mol. The zero-order chi connectivity index (χ0) is 21.5. The molecule has 3 rings (SSSR count). The van der Waals surface area contributed by atoms with E-state index in [1.165, 1.54) is 7.11 Å². The number of benzene rings is 2. The molecule has 0 saturated heterocycles. The number of amides is 2. The summed E-state index contributed by atoms with van der Waals surface area (Å²) >= 11 is 0. The van der Waals surface area contributed by atoms with Crippen LogP contribution in [0.4, 0.5) is 0 Å². The highest BCUT2D eigenvalue weighted by atomic mass is 16.5. The van der Waals surface area contributed by atoms with Gasteiger partial charge in [-0.3, -0.25) is 9.59 Å². The van der Waals surface area contributed by atoms with E-state index in [1.54, 1.807) is 0 Å². The van der Waals surface area contributed by atoms with Gasteiger partial charge in [-0.2, -0.15) is 0 Å². The highest BCUT2D eigenvalue weighted by molar-refractivity contribution is 5.82. The van der Waals surface area contributed by atoms with Gasteiger partial charge in [-0.1, -0.05) is 42.5 Å². The maximum atomic E-state index is 13.3. The van der Waals surface area contributed by atoms with Crippen molar-refractivity contribution in [2.75, 3.05) is 13.7 Å². The smallest absolute Gasteiger partial charge is 0.246 e. The second-order valence-corrected chi connectivity index (χ2v) is 7.41. The van der Waals surface area contributed by atoms with E-state index < -0.39 is 0 Å². The van der Waals surface area contributed by atoms with E-state index >= 15 is 0 Å². The topological polar surface area (TPSA) is 76.5 Å². The number of hydrogen-bond donors (Lipinski definition) is 1. The number of para-hydroxylation sites is 2. The molecule has 0 radical (unpaired) electrons. The minimum absolute atomic E-state index is 0.00136. The number of imidazole rings is 1. The number of methoxy groups -OCH3 is 1. The lowest BCUT2D eigenvalue weighted by molar-refractivity contribution is -0.134. The lowest BCUT2D eigenvalue weighted by atomic mass is 10.2. The Kier molecular flexibility index (Phi) is 7.19. The van der Waals surface area contributed by atoms with Gasteiger partial charge in [0.15, 0.2) is 0 Å². The molecule has 1 N–H and O–H groups in total. The standard InChI is InChI=1S/C23H28N4O3/c1-17(2)26(14-18-9-5-4-6-10-18)23(29)15-27-20-12-8-7-11-19(20)25-21(27)13-24-22(28)16-30-3/h4-12,17H,13-16H2,1-3H3,(H,24,28). The van der Waals surface area contributed by atoms with Gasteiger partial charge in [0.2, 0.25) is 11.8 Å². The summed E-state index contributed by atoms with van der Waals surface area (Å²) < 4.78 is 6.74. The Labute approximate surface area is 176 Å². The predicted octanol–water partition coefficient (Wildman–Crippen LogP) is 2.74. The van der Waals surface area contributed by atoms with Crippen LogP contribution in [0.5, 0.6) is 0 Å². The summed E-state index contributed by atoms with van der Waals surface area (Å²) in [7, 11) is 1.47. The van der Waals surface area contributed by atoms with Crippen LogP contribution in [0.25, 0.3) is 11.0 Å². The molecule has 0 unspecified atom stereocenters. The Balaban J connectivity index is 1.84. The molecule has 7 heteroatoms. The lowest BCUT2D eigenvalue weighted by Crippen LogP contribution is -2.39. The van der Waals surface area contributed by atoms with Crippen LogP contribution in [-0.2, 0) is 34.0 Å². The SMILES string of the molecule is COCC(=O)NCc1nc2ccccc2n1CC(=O)N(Cc1ccccc1)C(C)C. The zero-order valence-electron chi connectivity index (χ0n) is 17.7. The number of rotatable bonds is 9. The van der Waals surface area contributed by atoms with E-state index in [-0.39, 0.29) is 37.6 Å². The van der Waals surface area contributed by atoms with Crippen molar-refractivity contribution in [3.05, 3.63) is 66.0 Å². The summed E-state index contributed by atoms with van der Waals surface area (Å²) in [6.07, 6.45) is 0. The molecule has 7 nitrogen and oxygen atoms in total. The number of ether oxygens (including phenoxy) is 1. The fourth-order valence-electron chi connectivity index (χ4n) is 3.36. The van der Waals surface area contributed by atoms with E-state index in [0.717, 1.165) is 16.6 Å². The van der Waals surface area contributed by atoms with Crippen LogP contribution in [0.1, 0.15) is 25.2 Å². The van der Waals surface area contributed by atoms with Crippen LogP contribution < -0.4 is 5.32 Å². The highest BCUT2D eigenvalue weighted by Gasteiger charge is 2.21. The summed E-state index contributed by atoms with van der Waals surface area (Å²) in [4.78, 5) is 31.6. The van der Waals surface area contributed by atoms with Gasteiger partial charge in [-0.25, -0.2) is 4.98 Å². The van der Waals surface area contributed by atoms with Crippen molar-refractivity contribution >= 4 is 22.8 Å². The van der Waals surface area contributed by atoms with Crippen LogP contribution in [0.15, 0.2) is 54.6 Å². The van der Waals surface area contributed by atoms with Crippen molar-refractivity contribution in [2.24, 2.45) is 0 Å². The number of fused-ring (bicyclic) bond motifs is 1. The number of nitrogens with zero attached hydrogens (tertiary/aromatic N) is 3. The number of carbonyl (C=O) groups is 2. The quantitative estimate of drug-likeness (QED) is 0.591. The van der Waals surface area contributed by atoms with Crippen molar-refractivity contribution in [1.82, 2.24) is 19.8 Å². The van der Waals surface area contributed by atoms with Crippen molar-refractivity contribution in [1.29, 1.82) is 0 Å². The molecule has 1 aromatic heterocycles. The summed E-state index contributed by atoms with van der Waals surface area (Å²) in [5.41, 5.74) is 2.74. The van der Waals surface area contributed by atoms with Gasteiger partial charge in [0.25, 0.3) is 0 Å². The molecule has 0 aliphatic rings. The van der Waals surface area contributed by atoms with Gasteiger partial charge in [0.1, 0.15) is 19.0 Å². The molecule has 0 saturated carbocycles. The van der Waals surface area contributed by atoms with Gasteiger partial charge >= 0.3 is 0 Å². The second kappa shape index (κ2) is 10.0. The van der Waals surface area contributed by atoms with Gasteiger partial charge in [-0.05, 0) is 31.5 Å². The molecular weight excluding hydrogens is 380 g/mol. The minimum Gasteiger partial charge on any atom is -0.375 e. The molecule has 158 valence electrons. The Morgan fingerprint density at radius 3 is 2.50 bits per heavy atom. The molecule has 0 bridgehead atoms. The fraction of sp³-hybridized carbons (Fsp3) is 0.348. The lowest BCUT2D eigenvalue weighted by Gasteiger charge is -2.27. The summed E-state index contributed by atoms with van der Waals surface area (Å²) in [5.74, 6) is 0.411. The molecule has 0 aliphatic heterocycles. The largest absolute Gasteiger partial charge is 0.375 e. The van der Waals surface area contributed by atoms with Gasteiger partial charge in [-0.15, -0.1) is 0 Å². The molecule has 2 aromatic carbocycles. The molecule has 2 amide bonds. The average Bonchev–Trinajstić information content (AvgIpc) is 3.08. The van der Waals surface area contributed by atoms with Crippen LogP contribution in [0, 0.1) is 0 Å². The van der Waals surface area contributed by atoms with Crippen molar-refractivity contribution in [3.8, 4) is 0 Å². The third-order valence-electron chi connectivity index (χ3n) is 4.89. The summed E-state index contributed by atoms with van der Waals surface area (Å²) in [6, 6.07) is 17.7. The first-order chi connectivity index (χ1) is 14.5. The normalized spacial score (nSPS) is 11.1. The maximum absolute atomic E-state index is 13.3. The van der Waals surface area contributed by atoms with Crippen LogP contribution in [0.3, 0.4) is 0 Å². The summed E-state index contributed by atoms with van der Waals surface area (Å²) in [5, 5.41) is 2.79. The third-order valence-corrected chi connectivity index (χ3v) is 4.89. The minimum atomic E-state index is -0.227. The predicted molar refractivity (Wildman–Crippen MR) is 116 cm³/mol. The van der Waals surface area contributed by atoms with E-state index in [0.29, 0.717) is 12.4 Å². The van der Waals surface area contributed by atoms with Crippen molar-refractivity contribution < 1.29 is 14.3 Å². The van der Waals surface area contributed by atoms with E-state index in [1.807, 2.05) is 77.9 Å². The first-order valence-electron chi connectivity index (χ1n) is 10.0. The van der Waals surface area contributed by atoms with Gasteiger partial charge in [0, 0.05) is 19.7 Å². The summed E-state index contributed by atoms with van der Waals surface area (Å²) in [6.45, 7) is 4.93. The first kappa shape index (κ1) is 21.5. The highest BCUT2D eigenvalue weighted by Crippen LogP contribution is 2.18.